The summed E-state index contributed by atoms with van der Waals surface area (Å²) < 4.78 is 13.4. The molecule has 0 amide bonds. The molecule has 0 saturated heterocycles. The predicted octanol–water partition coefficient (Wildman–Crippen LogP) is 4.15. The van der Waals surface area contributed by atoms with Crippen molar-refractivity contribution in [1.29, 1.82) is 0 Å². The Morgan fingerprint density at radius 3 is 2.88 bits per heavy atom. The van der Waals surface area contributed by atoms with Gasteiger partial charge in [0.2, 0.25) is 0 Å². The zero-order valence-corrected chi connectivity index (χ0v) is 10.6. The largest absolute Gasteiger partial charge is 0.310 e. The lowest BCUT2D eigenvalue weighted by molar-refractivity contribution is 0.485. The van der Waals surface area contributed by atoms with Crippen LogP contribution in [0.1, 0.15) is 38.7 Å². The van der Waals surface area contributed by atoms with Crippen LogP contribution in [0.5, 0.6) is 0 Å². The molecule has 1 unspecified atom stereocenters. The van der Waals surface area contributed by atoms with Crippen molar-refractivity contribution < 1.29 is 4.39 Å². The van der Waals surface area contributed by atoms with Gasteiger partial charge in [-0.25, -0.2) is 4.39 Å². The van der Waals surface area contributed by atoms with Crippen molar-refractivity contribution >= 4 is 11.6 Å². The first-order valence-electron chi connectivity index (χ1n) is 5.80. The lowest BCUT2D eigenvalue weighted by Gasteiger charge is -2.13. The van der Waals surface area contributed by atoms with Gasteiger partial charge < -0.3 is 5.32 Å². The van der Waals surface area contributed by atoms with E-state index in [2.05, 4.69) is 19.2 Å². The Hall–Kier alpha value is -0.600. The van der Waals surface area contributed by atoms with Crippen LogP contribution in [0.25, 0.3) is 0 Å². The summed E-state index contributed by atoms with van der Waals surface area (Å²) in [6.45, 7) is 4.83. The Kier molecular flexibility index (Phi) is 5.78. The van der Waals surface area contributed by atoms with E-state index in [0.717, 1.165) is 6.42 Å². The van der Waals surface area contributed by atoms with Crippen LogP contribution in [0.3, 0.4) is 0 Å². The van der Waals surface area contributed by atoms with Gasteiger partial charge in [0.1, 0.15) is 5.82 Å². The highest BCUT2D eigenvalue weighted by molar-refractivity contribution is 6.30. The van der Waals surface area contributed by atoms with Crippen LogP contribution in [0.4, 0.5) is 4.39 Å². The number of hydrogen-bond donors (Lipinski definition) is 1. The Labute approximate surface area is 102 Å². The SMILES string of the molecule is CCCCC(C)NCc1cc(Cl)ccc1F. The molecule has 16 heavy (non-hydrogen) atoms. The summed E-state index contributed by atoms with van der Waals surface area (Å²) in [5, 5.41) is 3.89. The zero-order chi connectivity index (χ0) is 12.0. The summed E-state index contributed by atoms with van der Waals surface area (Å²) in [4.78, 5) is 0. The van der Waals surface area contributed by atoms with E-state index in [0.29, 0.717) is 23.2 Å². The monoisotopic (exact) mass is 243 g/mol. The first-order valence-corrected chi connectivity index (χ1v) is 6.18. The molecule has 0 aliphatic carbocycles. The molecule has 3 heteroatoms. The van der Waals surface area contributed by atoms with E-state index in [1.54, 1.807) is 12.1 Å². The van der Waals surface area contributed by atoms with Crippen molar-refractivity contribution in [2.75, 3.05) is 0 Å². The van der Waals surface area contributed by atoms with E-state index >= 15 is 0 Å². The van der Waals surface area contributed by atoms with Crippen LogP contribution in [0.15, 0.2) is 18.2 Å². The first-order chi connectivity index (χ1) is 7.63. The van der Waals surface area contributed by atoms with Crippen molar-refractivity contribution in [3.8, 4) is 0 Å². The lowest BCUT2D eigenvalue weighted by atomic mass is 10.1. The van der Waals surface area contributed by atoms with Gasteiger partial charge in [-0.1, -0.05) is 31.4 Å². The molecule has 0 saturated carbocycles. The minimum absolute atomic E-state index is 0.195. The molecule has 0 fully saturated rings. The van der Waals surface area contributed by atoms with E-state index in [4.69, 9.17) is 11.6 Å². The molecule has 90 valence electrons. The van der Waals surface area contributed by atoms with E-state index < -0.39 is 0 Å². The highest BCUT2D eigenvalue weighted by atomic mass is 35.5. The molecule has 0 heterocycles. The van der Waals surface area contributed by atoms with Gasteiger partial charge in [0.15, 0.2) is 0 Å². The maximum absolute atomic E-state index is 13.4. The smallest absolute Gasteiger partial charge is 0.127 e. The van der Waals surface area contributed by atoms with Crippen molar-refractivity contribution in [2.24, 2.45) is 0 Å². The van der Waals surface area contributed by atoms with Crippen LogP contribution >= 0.6 is 11.6 Å². The van der Waals surface area contributed by atoms with Gasteiger partial charge >= 0.3 is 0 Å². The average Bonchev–Trinajstić information content (AvgIpc) is 2.27. The number of unbranched alkanes of at least 4 members (excludes halogenated alkanes) is 1. The van der Waals surface area contributed by atoms with Crippen LogP contribution in [0, 0.1) is 5.82 Å². The molecule has 0 spiro atoms. The number of hydrogen-bond acceptors (Lipinski definition) is 1. The van der Waals surface area contributed by atoms with Crippen molar-refractivity contribution in [2.45, 2.75) is 45.7 Å². The third-order valence-electron chi connectivity index (χ3n) is 2.64. The van der Waals surface area contributed by atoms with Crippen molar-refractivity contribution in [3.05, 3.63) is 34.6 Å². The van der Waals surface area contributed by atoms with Crippen molar-refractivity contribution in [3.63, 3.8) is 0 Å². The molecule has 0 radical (unpaired) electrons. The Morgan fingerprint density at radius 1 is 1.44 bits per heavy atom. The predicted molar refractivity (Wildman–Crippen MR) is 67.2 cm³/mol. The van der Waals surface area contributed by atoms with E-state index in [1.807, 2.05) is 0 Å². The van der Waals surface area contributed by atoms with Gasteiger partial charge in [-0.05, 0) is 31.5 Å². The zero-order valence-electron chi connectivity index (χ0n) is 9.89. The van der Waals surface area contributed by atoms with Gasteiger partial charge in [-0.3, -0.25) is 0 Å². The van der Waals surface area contributed by atoms with Gasteiger partial charge in [0.25, 0.3) is 0 Å². The number of benzene rings is 1. The van der Waals surface area contributed by atoms with Crippen LogP contribution < -0.4 is 5.32 Å². The van der Waals surface area contributed by atoms with E-state index in [-0.39, 0.29) is 5.82 Å². The van der Waals surface area contributed by atoms with Gasteiger partial charge in [0, 0.05) is 23.2 Å². The molecule has 1 rings (SSSR count). The fraction of sp³-hybridized carbons (Fsp3) is 0.538. The molecule has 1 aromatic carbocycles. The summed E-state index contributed by atoms with van der Waals surface area (Å²) in [5.41, 5.74) is 0.635. The maximum Gasteiger partial charge on any atom is 0.127 e. The third kappa shape index (κ3) is 4.50. The highest BCUT2D eigenvalue weighted by Gasteiger charge is 2.05. The fourth-order valence-corrected chi connectivity index (χ4v) is 1.77. The molecule has 1 N–H and O–H groups in total. The van der Waals surface area contributed by atoms with Gasteiger partial charge in [-0.15, -0.1) is 0 Å². The topological polar surface area (TPSA) is 12.0 Å². The molecule has 1 aromatic rings. The molecule has 0 aromatic heterocycles. The number of halogens is 2. The summed E-state index contributed by atoms with van der Waals surface area (Å²) in [5.74, 6) is -0.195. The van der Waals surface area contributed by atoms with Crippen LogP contribution in [-0.4, -0.2) is 6.04 Å². The first kappa shape index (κ1) is 13.5. The van der Waals surface area contributed by atoms with Crippen LogP contribution in [0.2, 0.25) is 5.02 Å². The van der Waals surface area contributed by atoms with Gasteiger partial charge in [-0.2, -0.15) is 0 Å². The second-order valence-electron chi connectivity index (χ2n) is 4.16. The molecule has 0 aliphatic rings. The van der Waals surface area contributed by atoms with Gasteiger partial charge in [0.05, 0.1) is 0 Å². The number of nitrogens with one attached hydrogen (secondary N) is 1. The van der Waals surface area contributed by atoms with E-state index in [9.17, 15) is 4.39 Å². The summed E-state index contributed by atoms with van der Waals surface area (Å²) in [6.07, 6.45) is 3.52. The average molecular weight is 244 g/mol. The molecular weight excluding hydrogens is 225 g/mol. The second kappa shape index (κ2) is 6.87. The van der Waals surface area contributed by atoms with Crippen molar-refractivity contribution in [1.82, 2.24) is 5.32 Å². The molecular formula is C13H19ClFN. The maximum atomic E-state index is 13.4. The Bertz CT molecular complexity index is 328. The highest BCUT2D eigenvalue weighted by Crippen LogP contribution is 2.15. The molecule has 0 aliphatic heterocycles. The number of rotatable bonds is 6. The van der Waals surface area contributed by atoms with E-state index in [1.165, 1.54) is 18.9 Å². The molecule has 1 atom stereocenters. The summed E-state index contributed by atoms with van der Waals surface area (Å²) in [7, 11) is 0. The molecule has 1 nitrogen and oxygen atoms in total. The third-order valence-corrected chi connectivity index (χ3v) is 2.87. The minimum atomic E-state index is -0.195. The second-order valence-corrected chi connectivity index (χ2v) is 4.60. The summed E-state index contributed by atoms with van der Waals surface area (Å²) in [6, 6.07) is 5.08. The van der Waals surface area contributed by atoms with Crippen LogP contribution in [-0.2, 0) is 6.54 Å². The Morgan fingerprint density at radius 2 is 2.19 bits per heavy atom. The summed E-state index contributed by atoms with van der Waals surface area (Å²) >= 11 is 5.82. The quantitative estimate of drug-likeness (QED) is 0.792. The Balaban J connectivity index is 2.44. The minimum Gasteiger partial charge on any atom is -0.310 e. The fourth-order valence-electron chi connectivity index (χ4n) is 1.58. The standard InChI is InChI=1S/C13H19ClFN/c1-3-4-5-10(2)16-9-11-8-12(14)6-7-13(11)15/h6-8,10,16H,3-5,9H2,1-2H3. The molecule has 0 bridgehead atoms. The lowest BCUT2D eigenvalue weighted by Crippen LogP contribution is -2.25. The normalized spacial score (nSPS) is 12.8.